The van der Waals surface area contributed by atoms with Gasteiger partial charge in [0.05, 0.1) is 18.9 Å². The molecular weight excluding hydrogens is 328 g/mol. The molecule has 0 saturated carbocycles. The molecule has 1 amide bonds. The third-order valence-corrected chi connectivity index (χ3v) is 6.03. The summed E-state index contributed by atoms with van der Waals surface area (Å²) in [7, 11) is 0. The molecule has 2 aliphatic heterocycles. The zero-order valence-electron chi connectivity index (χ0n) is 15.4. The van der Waals surface area contributed by atoms with Crippen molar-refractivity contribution in [2.45, 2.75) is 51.0 Å². The standard InChI is InChI=1S/C21H28N2O3/c24-20(17-5-2-1-3-6-17)23-11-8-21(9-12-23)13-19(26-16-21)15-25-18-7-4-10-22-14-18/h4-5,7,10,14,19H,1-3,6,8-9,11-13,15-16H2. The lowest BCUT2D eigenvalue weighted by Crippen LogP contribution is -2.44. The minimum absolute atomic E-state index is 0.138. The fourth-order valence-electron chi connectivity index (χ4n) is 4.39. The predicted molar refractivity (Wildman–Crippen MR) is 98.9 cm³/mol. The Kier molecular flexibility index (Phi) is 5.25. The predicted octanol–water partition coefficient (Wildman–Crippen LogP) is 3.36. The van der Waals surface area contributed by atoms with E-state index < -0.39 is 0 Å². The van der Waals surface area contributed by atoms with Crippen LogP contribution in [0.5, 0.6) is 5.75 Å². The largest absolute Gasteiger partial charge is 0.489 e. The molecule has 5 nitrogen and oxygen atoms in total. The molecule has 1 aromatic rings. The maximum atomic E-state index is 12.7. The van der Waals surface area contributed by atoms with Crippen molar-refractivity contribution in [1.29, 1.82) is 0 Å². The second-order valence-electron chi connectivity index (χ2n) is 7.90. The summed E-state index contributed by atoms with van der Waals surface area (Å²) in [5, 5.41) is 0. The highest BCUT2D eigenvalue weighted by molar-refractivity contribution is 5.93. The van der Waals surface area contributed by atoms with Gasteiger partial charge < -0.3 is 14.4 Å². The number of piperidine rings is 1. The Morgan fingerprint density at radius 3 is 2.96 bits per heavy atom. The monoisotopic (exact) mass is 356 g/mol. The molecule has 1 spiro atoms. The van der Waals surface area contributed by atoms with Crippen molar-refractivity contribution >= 4 is 5.91 Å². The van der Waals surface area contributed by atoms with Crippen molar-refractivity contribution in [3.63, 3.8) is 0 Å². The summed E-state index contributed by atoms with van der Waals surface area (Å²) >= 11 is 0. The van der Waals surface area contributed by atoms with Gasteiger partial charge in [0.1, 0.15) is 12.4 Å². The highest BCUT2D eigenvalue weighted by atomic mass is 16.5. The summed E-state index contributed by atoms with van der Waals surface area (Å²) in [6.45, 7) is 3.08. The molecule has 1 atom stereocenters. The fourth-order valence-corrected chi connectivity index (χ4v) is 4.39. The average molecular weight is 356 g/mol. The molecule has 1 aliphatic carbocycles. The molecule has 3 aliphatic rings. The number of rotatable bonds is 4. The van der Waals surface area contributed by atoms with Gasteiger partial charge in [-0.1, -0.05) is 6.08 Å². The van der Waals surface area contributed by atoms with Gasteiger partial charge >= 0.3 is 0 Å². The third-order valence-electron chi connectivity index (χ3n) is 6.03. The second-order valence-corrected chi connectivity index (χ2v) is 7.90. The Bertz CT molecular complexity index is 650. The maximum absolute atomic E-state index is 12.7. The first-order valence-corrected chi connectivity index (χ1v) is 9.87. The van der Waals surface area contributed by atoms with Crippen LogP contribution in [0, 0.1) is 5.41 Å². The minimum Gasteiger partial charge on any atom is -0.489 e. The van der Waals surface area contributed by atoms with E-state index >= 15 is 0 Å². The number of hydrogen-bond acceptors (Lipinski definition) is 4. The number of amides is 1. The normalized spacial score (nSPS) is 25.2. The van der Waals surface area contributed by atoms with Gasteiger partial charge in [-0.15, -0.1) is 0 Å². The van der Waals surface area contributed by atoms with Crippen LogP contribution in [0.3, 0.4) is 0 Å². The van der Waals surface area contributed by atoms with E-state index in [2.05, 4.69) is 16.0 Å². The van der Waals surface area contributed by atoms with Crippen LogP contribution in [-0.2, 0) is 9.53 Å². The number of nitrogens with zero attached hydrogens (tertiary/aromatic N) is 2. The SMILES string of the molecule is O=C(C1=CCCCC1)N1CCC2(CC1)COC(COc1cccnc1)C2. The van der Waals surface area contributed by atoms with Gasteiger partial charge in [0.25, 0.3) is 0 Å². The first kappa shape index (κ1) is 17.5. The summed E-state index contributed by atoms with van der Waals surface area (Å²) in [6.07, 6.45) is 13.3. The molecule has 2 saturated heterocycles. The Labute approximate surface area is 155 Å². The van der Waals surface area contributed by atoms with Gasteiger partial charge in [-0.05, 0) is 62.5 Å². The molecule has 5 heteroatoms. The molecule has 140 valence electrons. The van der Waals surface area contributed by atoms with Gasteiger partial charge in [0.2, 0.25) is 5.91 Å². The molecule has 3 heterocycles. The van der Waals surface area contributed by atoms with Crippen LogP contribution in [-0.4, -0.2) is 48.2 Å². The van der Waals surface area contributed by atoms with Crippen LogP contribution in [0.25, 0.3) is 0 Å². The highest BCUT2D eigenvalue weighted by Crippen LogP contribution is 2.42. The van der Waals surface area contributed by atoms with Gasteiger partial charge in [-0.25, -0.2) is 0 Å². The number of aromatic nitrogens is 1. The van der Waals surface area contributed by atoms with E-state index in [1.165, 1.54) is 6.42 Å². The molecule has 26 heavy (non-hydrogen) atoms. The highest BCUT2D eigenvalue weighted by Gasteiger charge is 2.43. The smallest absolute Gasteiger partial charge is 0.249 e. The van der Waals surface area contributed by atoms with E-state index in [-0.39, 0.29) is 17.4 Å². The lowest BCUT2D eigenvalue weighted by molar-refractivity contribution is -0.129. The number of carbonyl (C=O) groups is 1. The van der Waals surface area contributed by atoms with E-state index in [0.717, 1.165) is 69.5 Å². The Hall–Kier alpha value is -1.88. The fraction of sp³-hybridized carbons (Fsp3) is 0.619. The summed E-state index contributed by atoms with van der Waals surface area (Å²) in [6, 6.07) is 3.79. The molecule has 4 rings (SSSR count). The third kappa shape index (κ3) is 3.93. The summed E-state index contributed by atoms with van der Waals surface area (Å²) in [5.41, 5.74) is 1.26. The molecule has 1 unspecified atom stereocenters. The summed E-state index contributed by atoms with van der Waals surface area (Å²) in [5.74, 6) is 1.06. The lowest BCUT2D eigenvalue weighted by Gasteiger charge is -2.39. The molecule has 0 aromatic carbocycles. The molecule has 0 N–H and O–H groups in total. The van der Waals surface area contributed by atoms with Crippen LogP contribution in [0.15, 0.2) is 36.2 Å². The van der Waals surface area contributed by atoms with E-state index in [0.29, 0.717) is 6.61 Å². The van der Waals surface area contributed by atoms with Crippen molar-refractivity contribution in [2.75, 3.05) is 26.3 Å². The van der Waals surface area contributed by atoms with Gasteiger partial charge in [0.15, 0.2) is 0 Å². The molecule has 0 radical (unpaired) electrons. The number of ether oxygens (including phenoxy) is 2. The van der Waals surface area contributed by atoms with Gasteiger partial charge in [-0.2, -0.15) is 0 Å². The first-order chi connectivity index (χ1) is 12.7. The van der Waals surface area contributed by atoms with Crippen LogP contribution >= 0.6 is 0 Å². The van der Waals surface area contributed by atoms with E-state index in [4.69, 9.17) is 9.47 Å². The number of likely N-dealkylation sites (tertiary alicyclic amines) is 1. The van der Waals surface area contributed by atoms with Crippen molar-refractivity contribution in [3.8, 4) is 5.75 Å². The van der Waals surface area contributed by atoms with Crippen molar-refractivity contribution < 1.29 is 14.3 Å². The van der Waals surface area contributed by atoms with E-state index in [9.17, 15) is 4.79 Å². The van der Waals surface area contributed by atoms with Crippen molar-refractivity contribution in [3.05, 3.63) is 36.2 Å². The van der Waals surface area contributed by atoms with E-state index in [1.54, 1.807) is 12.4 Å². The van der Waals surface area contributed by atoms with Gasteiger partial charge in [-0.3, -0.25) is 9.78 Å². The van der Waals surface area contributed by atoms with Crippen molar-refractivity contribution in [2.24, 2.45) is 5.41 Å². The lowest BCUT2D eigenvalue weighted by atomic mass is 9.76. The Morgan fingerprint density at radius 1 is 1.35 bits per heavy atom. The van der Waals surface area contributed by atoms with Crippen molar-refractivity contribution in [1.82, 2.24) is 9.88 Å². The summed E-state index contributed by atoms with van der Waals surface area (Å²) in [4.78, 5) is 18.8. The van der Waals surface area contributed by atoms with Crippen LogP contribution in [0.2, 0.25) is 0 Å². The van der Waals surface area contributed by atoms with Crippen LogP contribution in [0.4, 0.5) is 0 Å². The molecule has 1 aromatic heterocycles. The Balaban J connectivity index is 1.26. The minimum atomic E-state index is 0.138. The second kappa shape index (κ2) is 7.78. The topological polar surface area (TPSA) is 51.7 Å². The number of hydrogen-bond donors (Lipinski definition) is 0. The number of allylic oxidation sites excluding steroid dienone is 1. The van der Waals surface area contributed by atoms with Gasteiger partial charge in [0, 0.05) is 24.9 Å². The van der Waals surface area contributed by atoms with Crippen LogP contribution < -0.4 is 4.74 Å². The Morgan fingerprint density at radius 2 is 2.23 bits per heavy atom. The molecule has 2 fully saturated rings. The quantitative estimate of drug-likeness (QED) is 0.830. The molecular formula is C21H28N2O3. The van der Waals surface area contributed by atoms with E-state index in [1.807, 2.05) is 12.1 Å². The first-order valence-electron chi connectivity index (χ1n) is 9.87. The number of carbonyl (C=O) groups excluding carboxylic acids is 1. The zero-order valence-corrected chi connectivity index (χ0v) is 15.4. The summed E-state index contributed by atoms with van der Waals surface area (Å²) < 4.78 is 11.8. The maximum Gasteiger partial charge on any atom is 0.249 e. The van der Waals surface area contributed by atoms with Crippen LogP contribution in [0.1, 0.15) is 44.9 Å². The number of pyridine rings is 1. The molecule has 0 bridgehead atoms. The average Bonchev–Trinajstić information content (AvgIpc) is 3.10. The zero-order chi connectivity index (χ0) is 17.8.